The minimum atomic E-state index is -0.462. The Bertz CT molecular complexity index is 724. The first-order chi connectivity index (χ1) is 10.3. The van der Waals surface area contributed by atoms with Crippen LogP contribution < -0.4 is 0 Å². The molecule has 1 amide bonds. The van der Waals surface area contributed by atoms with Gasteiger partial charge in [0.1, 0.15) is 5.60 Å². The average Bonchev–Trinajstić information content (AvgIpc) is 2.72. The SMILES string of the molecule is CC1c2c(c3ccccc3n2C)CCN1C(=O)OC(C)(C)C. The topological polar surface area (TPSA) is 34.5 Å². The Kier molecular flexibility index (Phi) is 3.42. The molecule has 2 aromatic rings. The molecule has 0 fully saturated rings. The number of fused-ring (bicyclic) bond motifs is 3. The summed E-state index contributed by atoms with van der Waals surface area (Å²) >= 11 is 0. The Balaban J connectivity index is 1.99. The number of hydrogen-bond acceptors (Lipinski definition) is 2. The van der Waals surface area contributed by atoms with Crippen LogP contribution in [-0.4, -0.2) is 27.7 Å². The molecule has 0 saturated carbocycles. The minimum Gasteiger partial charge on any atom is -0.444 e. The number of carbonyl (C=O) groups is 1. The number of aryl methyl sites for hydroxylation is 1. The molecule has 0 saturated heterocycles. The average molecular weight is 300 g/mol. The van der Waals surface area contributed by atoms with Crippen molar-refractivity contribution >= 4 is 17.0 Å². The number of aromatic nitrogens is 1. The molecule has 4 heteroatoms. The lowest BCUT2D eigenvalue weighted by atomic mass is 9.98. The standard InChI is InChI=1S/C18H24N2O2/c1-12-16-14(13-8-6-7-9-15(13)19(16)5)10-11-20(12)17(21)22-18(2,3)4/h6-9,12H,10-11H2,1-5H3. The summed E-state index contributed by atoms with van der Waals surface area (Å²) in [5.41, 5.74) is 3.35. The van der Waals surface area contributed by atoms with E-state index < -0.39 is 5.60 Å². The summed E-state index contributed by atoms with van der Waals surface area (Å²) in [5.74, 6) is 0. The highest BCUT2D eigenvalue weighted by Crippen LogP contribution is 2.36. The number of ether oxygens (including phenoxy) is 1. The van der Waals surface area contributed by atoms with Gasteiger partial charge in [-0.05, 0) is 45.7 Å². The summed E-state index contributed by atoms with van der Waals surface area (Å²) < 4.78 is 7.77. The highest BCUT2D eigenvalue weighted by Gasteiger charge is 2.34. The van der Waals surface area contributed by atoms with Crippen LogP contribution in [-0.2, 0) is 18.2 Å². The van der Waals surface area contributed by atoms with Gasteiger partial charge in [0, 0.05) is 30.2 Å². The van der Waals surface area contributed by atoms with Crippen LogP contribution in [0.2, 0.25) is 0 Å². The molecule has 1 atom stereocenters. The molecule has 1 unspecified atom stereocenters. The van der Waals surface area contributed by atoms with Crippen molar-refractivity contribution in [3.63, 3.8) is 0 Å². The second kappa shape index (κ2) is 5.04. The van der Waals surface area contributed by atoms with Gasteiger partial charge in [-0.3, -0.25) is 4.90 Å². The van der Waals surface area contributed by atoms with Crippen molar-refractivity contribution in [2.45, 2.75) is 45.8 Å². The second-order valence-corrected chi connectivity index (χ2v) is 7.04. The van der Waals surface area contributed by atoms with Crippen LogP contribution in [0.5, 0.6) is 0 Å². The molecular formula is C18H24N2O2. The largest absolute Gasteiger partial charge is 0.444 e. The van der Waals surface area contributed by atoms with Crippen molar-refractivity contribution < 1.29 is 9.53 Å². The quantitative estimate of drug-likeness (QED) is 0.736. The van der Waals surface area contributed by atoms with Gasteiger partial charge in [0.25, 0.3) is 0 Å². The van der Waals surface area contributed by atoms with Gasteiger partial charge in [0.2, 0.25) is 0 Å². The molecule has 4 nitrogen and oxygen atoms in total. The van der Waals surface area contributed by atoms with Gasteiger partial charge in [-0.1, -0.05) is 18.2 Å². The summed E-state index contributed by atoms with van der Waals surface area (Å²) in [7, 11) is 2.08. The van der Waals surface area contributed by atoms with E-state index >= 15 is 0 Å². The number of nitrogens with zero attached hydrogens (tertiary/aromatic N) is 2. The third kappa shape index (κ3) is 2.36. The van der Waals surface area contributed by atoms with E-state index in [0.29, 0.717) is 6.54 Å². The van der Waals surface area contributed by atoms with E-state index in [9.17, 15) is 4.79 Å². The molecule has 22 heavy (non-hydrogen) atoms. The van der Waals surface area contributed by atoms with E-state index in [1.807, 2.05) is 25.7 Å². The summed E-state index contributed by atoms with van der Waals surface area (Å²) in [6, 6.07) is 8.47. The normalized spacial score (nSPS) is 18.4. The van der Waals surface area contributed by atoms with E-state index in [4.69, 9.17) is 4.74 Å². The van der Waals surface area contributed by atoms with Crippen molar-refractivity contribution in [1.29, 1.82) is 0 Å². The zero-order valence-electron chi connectivity index (χ0n) is 14.0. The maximum Gasteiger partial charge on any atom is 0.410 e. The second-order valence-electron chi connectivity index (χ2n) is 7.04. The first-order valence-corrected chi connectivity index (χ1v) is 7.85. The van der Waals surface area contributed by atoms with Gasteiger partial charge in [-0.15, -0.1) is 0 Å². The minimum absolute atomic E-state index is 0.0241. The number of carbonyl (C=O) groups excluding carboxylic acids is 1. The van der Waals surface area contributed by atoms with Gasteiger partial charge in [0.15, 0.2) is 0 Å². The number of amides is 1. The van der Waals surface area contributed by atoms with E-state index in [2.05, 4.69) is 42.8 Å². The summed E-state index contributed by atoms with van der Waals surface area (Å²) in [6.45, 7) is 8.50. The molecule has 1 aromatic carbocycles. The Morgan fingerprint density at radius 2 is 1.95 bits per heavy atom. The molecule has 0 radical (unpaired) electrons. The van der Waals surface area contributed by atoms with Crippen LogP contribution in [0.4, 0.5) is 4.79 Å². The number of hydrogen-bond donors (Lipinski definition) is 0. The fraction of sp³-hybridized carbons (Fsp3) is 0.500. The predicted octanol–water partition coefficient (Wildman–Crippen LogP) is 4.03. The molecule has 1 aromatic heterocycles. The highest BCUT2D eigenvalue weighted by molar-refractivity contribution is 5.86. The summed E-state index contributed by atoms with van der Waals surface area (Å²) in [5, 5.41) is 1.30. The van der Waals surface area contributed by atoms with Crippen molar-refractivity contribution in [2.75, 3.05) is 6.54 Å². The van der Waals surface area contributed by atoms with Crippen LogP contribution in [0.15, 0.2) is 24.3 Å². The van der Waals surface area contributed by atoms with Crippen LogP contribution in [0.25, 0.3) is 10.9 Å². The molecule has 0 bridgehead atoms. The van der Waals surface area contributed by atoms with Gasteiger partial charge in [-0.2, -0.15) is 0 Å². The number of benzene rings is 1. The van der Waals surface area contributed by atoms with E-state index in [1.54, 1.807) is 0 Å². The lowest BCUT2D eigenvalue weighted by Crippen LogP contribution is -2.42. The fourth-order valence-electron chi connectivity index (χ4n) is 3.43. The lowest BCUT2D eigenvalue weighted by molar-refractivity contribution is 0.0153. The molecule has 3 rings (SSSR count). The maximum absolute atomic E-state index is 12.5. The van der Waals surface area contributed by atoms with Crippen molar-refractivity contribution in [1.82, 2.24) is 9.47 Å². The Labute approximate surface area is 131 Å². The summed E-state index contributed by atoms with van der Waals surface area (Å²) in [6.07, 6.45) is 0.649. The van der Waals surface area contributed by atoms with Crippen LogP contribution >= 0.6 is 0 Å². The van der Waals surface area contributed by atoms with Crippen LogP contribution in [0, 0.1) is 0 Å². The van der Waals surface area contributed by atoms with Crippen LogP contribution in [0.1, 0.15) is 45.0 Å². The predicted molar refractivity (Wildman–Crippen MR) is 88.0 cm³/mol. The number of para-hydroxylation sites is 1. The monoisotopic (exact) mass is 300 g/mol. The van der Waals surface area contributed by atoms with Crippen molar-refractivity contribution in [3.8, 4) is 0 Å². The molecular weight excluding hydrogens is 276 g/mol. The highest BCUT2D eigenvalue weighted by atomic mass is 16.6. The third-order valence-corrected chi connectivity index (χ3v) is 4.36. The Hall–Kier alpha value is -1.97. The Morgan fingerprint density at radius 3 is 2.64 bits per heavy atom. The van der Waals surface area contributed by atoms with Crippen molar-refractivity contribution in [2.24, 2.45) is 7.05 Å². The number of rotatable bonds is 0. The lowest BCUT2D eigenvalue weighted by Gasteiger charge is -2.35. The smallest absolute Gasteiger partial charge is 0.410 e. The van der Waals surface area contributed by atoms with Crippen LogP contribution in [0.3, 0.4) is 0 Å². The maximum atomic E-state index is 12.5. The van der Waals surface area contributed by atoms with Gasteiger partial charge >= 0.3 is 6.09 Å². The zero-order valence-corrected chi connectivity index (χ0v) is 14.0. The first kappa shape index (κ1) is 14.9. The van der Waals surface area contributed by atoms with E-state index in [1.165, 1.54) is 22.2 Å². The van der Waals surface area contributed by atoms with Crippen molar-refractivity contribution in [3.05, 3.63) is 35.5 Å². The molecule has 1 aliphatic heterocycles. The molecule has 1 aliphatic rings. The van der Waals surface area contributed by atoms with E-state index in [-0.39, 0.29) is 12.1 Å². The Morgan fingerprint density at radius 1 is 1.27 bits per heavy atom. The van der Waals surface area contributed by atoms with E-state index in [0.717, 1.165) is 6.42 Å². The van der Waals surface area contributed by atoms with Gasteiger partial charge in [-0.25, -0.2) is 4.79 Å². The fourth-order valence-corrected chi connectivity index (χ4v) is 3.43. The molecule has 0 aliphatic carbocycles. The molecule has 0 spiro atoms. The molecule has 2 heterocycles. The van der Waals surface area contributed by atoms with Gasteiger partial charge in [0.05, 0.1) is 6.04 Å². The summed E-state index contributed by atoms with van der Waals surface area (Å²) in [4.78, 5) is 14.3. The molecule has 0 N–H and O–H groups in total. The zero-order chi connectivity index (χ0) is 16.1. The van der Waals surface area contributed by atoms with Gasteiger partial charge < -0.3 is 9.30 Å². The molecule has 118 valence electrons. The first-order valence-electron chi connectivity index (χ1n) is 7.85. The third-order valence-electron chi connectivity index (χ3n) is 4.36.